The number of imidazole rings is 1. The standard InChI is InChI=1S/C23H20F3N5O/c1-14-12-29-22(30-21(14)27)17-6-8-31-19(13-28-20(31)11-17)16-4-2-3-15(9-16)10-18(32)5-7-23(24,25)26/h2-4,6,8-9,11-13H,5,7,10H2,1H3,(H2,27,29,30). The van der Waals surface area contributed by atoms with Crippen molar-refractivity contribution in [2.24, 2.45) is 0 Å². The predicted octanol–water partition coefficient (Wildman–Crippen LogP) is 4.80. The average molecular weight is 439 g/mol. The molecule has 1 aromatic carbocycles. The average Bonchev–Trinajstić information content (AvgIpc) is 3.17. The van der Waals surface area contributed by atoms with Crippen molar-refractivity contribution in [1.29, 1.82) is 0 Å². The van der Waals surface area contributed by atoms with E-state index >= 15 is 0 Å². The number of pyridine rings is 1. The Balaban J connectivity index is 1.58. The predicted molar refractivity (Wildman–Crippen MR) is 115 cm³/mol. The minimum absolute atomic E-state index is 0.0447. The molecule has 4 aromatic rings. The number of carbonyl (C=O) groups is 1. The zero-order valence-electron chi connectivity index (χ0n) is 17.2. The number of aryl methyl sites for hydroxylation is 1. The summed E-state index contributed by atoms with van der Waals surface area (Å²) in [4.78, 5) is 25.0. The van der Waals surface area contributed by atoms with Gasteiger partial charge in [-0.15, -0.1) is 0 Å². The Morgan fingerprint density at radius 1 is 1.09 bits per heavy atom. The number of ketones is 1. The summed E-state index contributed by atoms with van der Waals surface area (Å²) in [7, 11) is 0. The molecular weight excluding hydrogens is 419 g/mol. The van der Waals surface area contributed by atoms with E-state index < -0.39 is 24.8 Å². The van der Waals surface area contributed by atoms with Gasteiger partial charge in [0.05, 0.1) is 18.3 Å². The van der Waals surface area contributed by atoms with Gasteiger partial charge in [-0.25, -0.2) is 15.0 Å². The van der Waals surface area contributed by atoms with Gasteiger partial charge in [-0.1, -0.05) is 18.2 Å². The van der Waals surface area contributed by atoms with Crippen molar-refractivity contribution in [2.75, 3.05) is 5.73 Å². The first kappa shape index (κ1) is 21.5. The van der Waals surface area contributed by atoms with Crippen LogP contribution >= 0.6 is 0 Å². The molecule has 32 heavy (non-hydrogen) atoms. The second kappa shape index (κ2) is 8.41. The van der Waals surface area contributed by atoms with Gasteiger partial charge in [0.2, 0.25) is 0 Å². The molecule has 6 nitrogen and oxygen atoms in total. The first-order valence-electron chi connectivity index (χ1n) is 9.94. The van der Waals surface area contributed by atoms with Gasteiger partial charge in [0.15, 0.2) is 5.82 Å². The molecule has 0 aliphatic carbocycles. The molecule has 0 aliphatic heterocycles. The van der Waals surface area contributed by atoms with Gasteiger partial charge in [0, 0.05) is 41.9 Å². The van der Waals surface area contributed by atoms with Crippen LogP contribution in [0.4, 0.5) is 19.0 Å². The van der Waals surface area contributed by atoms with E-state index in [4.69, 9.17) is 5.73 Å². The molecule has 0 atom stereocenters. The largest absolute Gasteiger partial charge is 0.389 e. The zero-order chi connectivity index (χ0) is 22.9. The second-order valence-corrected chi connectivity index (χ2v) is 7.58. The molecule has 9 heteroatoms. The maximum Gasteiger partial charge on any atom is 0.389 e. The van der Waals surface area contributed by atoms with E-state index in [2.05, 4.69) is 15.0 Å². The SMILES string of the molecule is Cc1cnc(-c2ccn3c(-c4cccc(CC(=O)CCC(F)(F)F)c4)cnc3c2)nc1N. The summed E-state index contributed by atoms with van der Waals surface area (Å²) in [5.74, 6) is 0.472. The van der Waals surface area contributed by atoms with Crippen molar-refractivity contribution in [1.82, 2.24) is 19.4 Å². The zero-order valence-corrected chi connectivity index (χ0v) is 17.2. The van der Waals surface area contributed by atoms with E-state index in [9.17, 15) is 18.0 Å². The summed E-state index contributed by atoms with van der Waals surface area (Å²) >= 11 is 0. The highest BCUT2D eigenvalue weighted by Crippen LogP contribution is 2.26. The van der Waals surface area contributed by atoms with Crippen LogP contribution in [0.3, 0.4) is 0 Å². The molecule has 0 spiro atoms. The van der Waals surface area contributed by atoms with Crippen molar-refractivity contribution < 1.29 is 18.0 Å². The molecule has 2 N–H and O–H groups in total. The Morgan fingerprint density at radius 3 is 2.66 bits per heavy atom. The molecule has 4 rings (SSSR count). The number of halogens is 3. The van der Waals surface area contributed by atoms with Gasteiger partial charge in [-0.3, -0.25) is 9.20 Å². The fourth-order valence-electron chi connectivity index (χ4n) is 3.37. The Kier molecular flexibility index (Phi) is 5.65. The van der Waals surface area contributed by atoms with Gasteiger partial charge in [0.1, 0.15) is 17.2 Å². The van der Waals surface area contributed by atoms with Crippen LogP contribution in [0.1, 0.15) is 24.0 Å². The number of anilines is 1. The minimum atomic E-state index is -4.33. The molecule has 0 amide bonds. The maximum absolute atomic E-state index is 12.4. The fourth-order valence-corrected chi connectivity index (χ4v) is 3.37. The van der Waals surface area contributed by atoms with Crippen molar-refractivity contribution in [3.05, 3.63) is 66.1 Å². The number of alkyl halides is 3. The summed E-state index contributed by atoms with van der Waals surface area (Å²) in [5, 5.41) is 0. The molecule has 0 radical (unpaired) electrons. The van der Waals surface area contributed by atoms with Crippen LogP contribution in [0.5, 0.6) is 0 Å². The molecule has 3 heterocycles. The number of hydrogen-bond donors (Lipinski definition) is 1. The molecule has 0 unspecified atom stereocenters. The van der Waals surface area contributed by atoms with Gasteiger partial charge in [0.25, 0.3) is 0 Å². The lowest BCUT2D eigenvalue weighted by molar-refractivity contribution is -0.143. The lowest BCUT2D eigenvalue weighted by Gasteiger charge is -2.08. The number of nitrogens with two attached hydrogens (primary N) is 1. The van der Waals surface area contributed by atoms with E-state index in [1.54, 1.807) is 30.6 Å². The normalized spacial score (nSPS) is 11.8. The Bertz CT molecular complexity index is 1300. The number of rotatable bonds is 6. The Labute approximate surface area is 182 Å². The van der Waals surface area contributed by atoms with Crippen molar-refractivity contribution in [3.63, 3.8) is 0 Å². The first-order valence-corrected chi connectivity index (χ1v) is 9.94. The number of nitrogens with zero attached hydrogens (tertiary/aromatic N) is 4. The summed E-state index contributed by atoms with van der Waals surface area (Å²) in [5.41, 5.74) is 10.4. The van der Waals surface area contributed by atoms with Gasteiger partial charge in [-0.05, 0) is 30.7 Å². The van der Waals surface area contributed by atoms with Crippen LogP contribution in [0.2, 0.25) is 0 Å². The third-order valence-electron chi connectivity index (χ3n) is 5.09. The van der Waals surface area contributed by atoms with Crippen LogP contribution in [-0.2, 0) is 11.2 Å². The number of Topliss-reactive ketones (excluding diaryl/α,β-unsaturated/α-hetero) is 1. The number of hydrogen-bond acceptors (Lipinski definition) is 5. The Morgan fingerprint density at radius 2 is 1.91 bits per heavy atom. The number of fused-ring (bicyclic) bond motifs is 1. The highest BCUT2D eigenvalue weighted by molar-refractivity contribution is 5.81. The monoisotopic (exact) mass is 439 g/mol. The second-order valence-electron chi connectivity index (χ2n) is 7.58. The smallest absolute Gasteiger partial charge is 0.383 e. The van der Waals surface area contributed by atoms with E-state index in [1.165, 1.54) is 0 Å². The molecule has 0 fully saturated rings. The first-order chi connectivity index (χ1) is 15.2. The van der Waals surface area contributed by atoms with E-state index in [0.29, 0.717) is 22.9 Å². The molecule has 3 aromatic heterocycles. The number of carbonyl (C=O) groups excluding carboxylic acids is 1. The van der Waals surface area contributed by atoms with Crippen LogP contribution in [0.15, 0.2) is 55.0 Å². The van der Waals surface area contributed by atoms with Crippen LogP contribution < -0.4 is 5.73 Å². The summed E-state index contributed by atoms with van der Waals surface area (Å²) < 4.78 is 38.9. The number of benzene rings is 1. The summed E-state index contributed by atoms with van der Waals surface area (Å²) in [6.45, 7) is 1.83. The number of nitrogen functional groups attached to an aromatic ring is 1. The molecule has 0 bridgehead atoms. The van der Waals surface area contributed by atoms with E-state index in [-0.39, 0.29) is 6.42 Å². The Hall–Kier alpha value is -3.75. The lowest BCUT2D eigenvalue weighted by Crippen LogP contribution is -2.12. The number of aromatic nitrogens is 4. The minimum Gasteiger partial charge on any atom is -0.383 e. The van der Waals surface area contributed by atoms with Gasteiger partial charge in [-0.2, -0.15) is 13.2 Å². The molecule has 0 aliphatic rings. The topological polar surface area (TPSA) is 86.2 Å². The van der Waals surface area contributed by atoms with Crippen molar-refractivity contribution >= 4 is 17.2 Å². The quantitative estimate of drug-likeness (QED) is 0.466. The molecular formula is C23H20F3N5O. The third-order valence-corrected chi connectivity index (χ3v) is 5.09. The van der Waals surface area contributed by atoms with Crippen LogP contribution in [0.25, 0.3) is 28.3 Å². The highest BCUT2D eigenvalue weighted by atomic mass is 19.4. The highest BCUT2D eigenvalue weighted by Gasteiger charge is 2.27. The van der Waals surface area contributed by atoms with E-state index in [1.807, 2.05) is 35.7 Å². The van der Waals surface area contributed by atoms with Crippen molar-refractivity contribution in [2.45, 2.75) is 32.4 Å². The van der Waals surface area contributed by atoms with Gasteiger partial charge >= 0.3 is 6.18 Å². The van der Waals surface area contributed by atoms with E-state index in [0.717, 1.165) is 22.4 Å². The summed E-state index contributed by atoms with van der Waals surface area (Å²) in [6.07, 6.45) is -0.781. The van der Waals surface area contributed by atoms with Gasteiger partial charge < -0.3 is 5.73 Å². The molecule has 0 saturated heterocycles. The molecule has 0 saturated carbocycles. The third kappa shape index (κ3) is 4.77. The summed E-state index contributed by atoms with van der Waals surface area (Å²) in [6, 6.07) is 10.9. The van der Waals surface area contributed by atoms with Crippen LogP contribution in [-0.4, -0.2) is 31.3 Å². The van der Waals surface area contributed by atoms with Crippen molar-refractivity contribution in [3.8, 4) is 22.6 Å². The molecule has 164 valence electrons. The lowest BCUT2D eigenvalue weighted by atomic mass is 10.0. The fraction of sp³-hybridized carbons (Fsp3) is 0.217. The maximum atomic E-state index is 12.4. The van der Waals surface area contributed by atoms with Crippen LogP contribution in [0, 0.1) is 6.92 Å².